The van der Waals surface area contributed by atoms with E-state index in [1.807, 2.05) is 27.7 Å². The third-order valence-corrected chi connectivity index (χ3v) is 15.5. The molecule has 11 atom stereocenters. The number of nitrogens with two attached hydrogens (primary N) is 1. The summed E-state index contributed by atoms with van der Waals surface area (Å²) >= 11 is 1.63. The number of nitrogens with one attached hydrogen (secondary N) is 1. The largest absolute Gasteiger partial charge is 0.393 e. The van der Waals surface area contributed by atoms with E-state index in [1.165, 1.54) is 4.88 Å². The molecule has 0 radical (unpaired) electrons. The number of fused-ring (bicyclic) bond motifs is 6. The molecule has 1 aliphatic heterocycles. The number of aliphatic hydroxyl groups excluding tert-OH is 1. The fourth-order valence-electron chi connectivity index (χ4n) is 11.9. The van der Waals surface area contributed by atoms with Gasteiger partial charge in [-0.3, -0.25) is 4.79 Å². The third-order valence-electron chi connectivity index (χ3n) is 14.5. The highest BCUT2D eigenvalue weighted by Crippen LogP contribution is 2.76. The fraction of sp³-hybridized carbons (Fsp3) is 0.889. The van der Waals surface area contributed by atoms with Crippen molar-refractivity contribution in [3.63, 3.8) is 0 Å². The summed E-state index contributed by atoms with van der Waals surface area (Å²) in [5, 5.41) is 26.7. The lowest BCUT2D eigenvalue weighted by Crippen LogP contribution is -2.66. The third kappa shape index (κ3) is 4.54. The van der Waals surface area contributed by atoms with Crippen molar-refractivity contribution in [2.45, 2.75) is 155 Å². The fourth-order valence-corrected chi connectivity index (χ4v) is 13.2. The van der Waals surface area contributed by atoms with Gasteiger partial charge in [-0.25, -0.2) is 4.98 Å². The summed E-state index contributed by atoms with van der Waals surface area (Å²) in [6.07, 6.45) is 7.52. The lowest BCUT2D eigenvalue weighted by molar-refractivity contribution is -0.227. The van der Waals surface area contributed by atoms with E-state index in [1.54, 1.807) is 11.3 Å². The number of anilines is 1. The Kier molecular flexibility index (Phi) is 7.63. The van der Waals surface area contributed by atoms with Crippen LogP contribution in [0.25, 0.3) is 0 Å². The van der Waals surface area contributed by atoms with Gasteiger partial charge in [0.1, 0.15) is 0 Å². The molecule has 2 heterocycles. The van der Waals surface area contributed by atoms with Crippen molar-refractivity contribution in [1.29, 1.82) is 0 Å². The maximum atomic E-state index is 12.8. The summed E-state index contributed by atoms with van der Waals surface area (Å²) < 4.78 is 6.73. The molecular formula is C36H59N3O4S. The SMILES string of the molecule is CC(C)[C@H](N)C(=O)Nc1nc2c(s1)C[C@]1(C)[C@H]3C[C@@H](O)[C@H]4[C@@H]([C@]5(C)CC[C@H](C(C)(C)O)O5)CC[C@@]4(C)[C@]3(C)CC[C@H]1C2(C)C. The van der Waals surface area contributed by atoms with Crippen LogP contribution in [-0.2, 0) is 21.4 Å². The Morgan fingerprint density at radius 2 is 1.70 bits per heavy atom. The molecule has 0 unspecified atom stereocenters. The predicted octanol–water partition coefficient (Wildman–Crippen LogP) is 6.44. The first kappa shape index (κ1) is 32.9. The van der Waals surface area contributed by atoms with Crippen LogP contribution < -0.4 is 11.1 Å². The van der Waals surface area contributed by atoms with Crippen LogP contribution in [0.5, 0.6) is 0 Å². The molecule has 0 aromatic carbocycles. The monoisotopic (exact) mass is 629 g/mol. The molecule has 248 valence electrons. The van der Waals surface area contributed by atoms with E-state index in [4.69, 9.17) is 15.5 Å². The summed E-state index contributed by atoms with van der Waals surface area (Å²) in [6, 6.07) is -0.560. The molecule has 1 amide bonds. The van der Waals surface area contributed by atoms with Gasteiger partial charge in [0.25, 0.3) is 0 Å². The Morgan fingerprint density at radius 3 is 2.32 bits per heavy atom. The topological polar surface area (TPSA) is 118 Å². The van der Waals surface area contributed by atoms with Crippen molar-refractivity contribution in [2.75, 3.05) is 5.32 Å². The molecule has 4 fully saturated rings. The van der Waals surface area contributed by atoms with Gasteiger partial charge in [0.15, 0.2) is 5.13 Å². The van der Waals surface area contributed by atoms with Crippen LogP contribution in [0.1, 0.15) is 125 Å². The molecule has 4 aliphatic carbocycles. The molecule has 0 bridgehead atoms. The maximum absolute atomic E-state index is 12.8. The van der Waals surface area contributed by atoms with Crippen molar-refractivity contribution < 1.29 is 19.7 Å². The molecule has 8 heteroatoms. The average Bonchev–Trinajstić information content (AvgIpc) is 3.61. The molecule has 5 aliphatic rings. The van der Waals surface area contributed by atoms with Crippen molar-refractivity contribution in [3.05, 3.63) is 10.6 Å². The second-order valence-electron chi connectivity index (χ2n) is 18.0. The number of carbonyl (C=O) groups excluding carboxylic acids is 1. The van der Waals surface area contributed by atoms with Gasteiger partial charge >= 0.3 is 0 Å². The molecule has 44 heavy (non-hydrogen) atoms. The first-order valence-electron chi connectivity index (χ1n) is 17.3. The van der Waals surface area contributed by atoms with E-state index in [0.29, 0.717) is 17.0 Å². The zero-order chi connectivity index (χ0) is 32.4. The smallest absolute Gasteiger partial charge is 0.243 e. The molecule has 6 rings (SSSR count). The Labute approximate surface area is 269 Å². The summed E-state index contributed by atoms with van der Waals surface area (Å²) in [6.45, 7) is 22.2. The van der Waals surface area contributed by atoms with Crippen LogP contribution in [0.2, 0.25) is 0 Å². The molecule has 1 aromatic heterocycles. The second-order valence-corrected chi connectivity index (χ2v) is 19.1. The highest BCUT2D eigenvalue weighted by Gasteiger charge is 2.72. The number of carbonyl (C=O) groups is 1. The van der Waals surface area contributed by atoms with Crippen LogP contribution in [0.3, 0.4) is 0 Å². The molecule has 5 N–H and O–H groups in total. The van der Waals surface area contributed by atoms with Crippen LogP contribution in [0.4, 0.5) is 5.13 Å². The van der Waals surface area contributed by atoms with Crippen molar-refractivity contribution in [3.8, 4) is 0 Å². The maximum Gasteiger partial charge on any atom is 0.243 e. The number of aromatic nitrogens is 1. The number of hydrogen-bond acceptors (Lipinski definition) is 7. The number of hydrogen-bond donors (Lipinski definition) is 4. The summed E-state index contributed by atoms with van der Waals surface area (Å²) in [5.74, 6) is 1.20. The van der Waals surface area contributed by atoms with Gasteiger partial charge in [0.05, 0.1) is 35.1 Å². The van der Waals surface area contributed by atoms with Crippen LogP contribution in [0.15, 0.2) is 0 Å². The normalized spacial score (nSPS) is 45.3. The minimum absolute atomic E-state index is 0.0113. The summed E-state index contributed by atoms with van der Waals surface area (Å²) in [5.41, 5.74) is 6.10. The number of nitrogens with zero attached hydrogens (tertiary/aromatic N) is 1. The van der Waals surface area contributed by atoms with Crippen LogP contribution >= 0.6 is 11.3 Å². The van der Waals surface area contributed by atoms with Gasteiger partial charge in [-0.2, -0.15) is 0 Å². The Balaban J connectivity index is 1.31. The number of aliphatic hydroxyl groups is 2. The number of ether oxygens (including phenoxy) is 1. The number of amides is 1. The van der Waals surface area contributed by atoms with Crippen molar-refractivity contribution >= 4 is 22.4 Å². The number of thiazole rings is 1. The quantitative estimate of drug-likeness (QED) is 0.298. The molecule has 3 saturated carbocycles. The Morgan fingerprint density at radius 1 is 1.05 bits per heavy atom. The van der Waals surface area contributed by atoms with Crippen molar-refractivity contribution in [2.24, 2.45) is 51.6 Å². The van der Waals surface area contributed by atoms with Crippen molar-refractivity contribution in [1.82, 2.24) is 4.98 Å². The highest BCUT2D eigenvalue weighted by atomic mass is 32.1. The van der Waals surface area contributed by atoms with E-state index in [9.17, 15) is 15.0 Å². The van der Waals surface area contributed by atoms with Gasteiger partial charge in [-0.05, 0) is 118 Å². The van der Waals surface area contributed by atoms with Gasteiger partial charge in [-0.1, -0.05) is 48.5 Å². The minimum Gasteiger partial charge on any atom is -0.393 e. The van der Waals surface area contributed by atoms with Gasteiger partial charge in [0.2, 0.25) is 5.91 Å². The van der Waals surface area contributed by atoms with E-state index in [2.05, 4.69) is 46.9 Å². The lowest BCUT2D eigenvalue weighted by Gasteiger charge is -2.69. The first-order valence-corrected chi connectivity index (χ1v) is 18.2. The van der Waals surface area contributed by atoms with E-state index in [-0.39, 0.29) is 63.1 Å². The summed E-state index contributed by atoms with van der Waals surface area (Å²) in [7, 11) is 0. The van der Waals surface area contributed by atoms with E-state index >= 15 is 0 Å². The minimum atomic E-state index is -0.860. The average molecular weight is 630 g/mol. The molecule has 7 nitrogen and oxygen atoms in total. The standard InChI is InChI=1S/C36H59N3O4S/c1-19(2)27(37)29(41)39-30-38-28-22(44-30)18-33(7)23(31(28,3)4)12-15-34(8)24(33)17-21(40)26-20(11-14-35(26,34)9)36(10)16-13-25(43-36)32(5,6)42/h19-21,23-27,40,42H,11-18,37H2,1-10H3,(H,38,39,41)/t20-,21+,23-,24+,25+,26+,27-,33-,34+,35+,36-/m0/s1. The molecule has 1 aromatic rings. The Bertz CT molecular complexity index is 1300. The Hall–Kier alpha value is -1.06. The van der Waals surface area contributed by atoms with E-state index < -0.39 is 11.6 Å². The van der Waals surface area contributed by atoms with Gasteiger partial charge in [-0.15, -0.1) is 11.3 Å². The zero-order valence-electron chi connectivity index (χ0n) is 28.9. The van der Waals surface area contributed by atoms with Crippen LogP contribution in [-0.4, -0.2) is 50.6 Å². The lowest BCUT2D eigenvalue weighted by atomic mass is 9.35. The molecular weight excluding hydrogens is 570 g/mol. The van der Waals surface area contributed by atoms with Gasteiger partial charge < -0.3 is 26.0 Å². The number of rotatable bonds is 5. The first-order chi connectivity index (χ1) is 20.2. The van der Waals surface area contributed by atoms with E-state index in [0.717, 1.165) is 57.1 Å². The summed E-state index contributed by atoms with van der Waals surface area (Å²) in [4.78, 5) is 19.2. The molecule has 0 spiro atoms. The highest BCUT2D eigenvalue weighted by molar-refractivity contribution is 7.15. The molecule has 1 saturated heterocycles. The zero-order valence-corrected chi connectivity index (χ0v) is 29.7. The van der Waals surface area contributed by atoms with Gasteiger partial charge in [0, 0.05) is 10.3 Å². The predicted molar refractivity (Wildman–Crippen MR) is 176 cm³/mol. The van der Waals surface area contributed by atoms with Crippen LogP contribution in [0, 0.1) is 45.8 Å². The second kappa shape index (κ2) is 10.2.